The number of nitrogens with one attached hydrogen (secondary N) is 1. The van der Waals surface area contributed by atoms with Gasteiger partial charge in [0, 0.05) is 45.1 Å². The fourth-order valence-corrected chi connectivity index (χ4v) is 2.92. The SMILES string of the molecule is [CH2-][NH+]1CCC(N2CCN(CC(F)(F)F)CC2)CC1. The lowest BCUT2D eigenvalue weighted by Crippen LogP contribution is -3.08. The monoisotopic (exact) mass is 265 g/mol. The van der Waals surface area contributed by atoms with E-state index in [9.17, 15) is 13.2 Å². The van der Waals surface area contributed by atoms with Crippen LogP contribution in [0.25, 0.3) is 0 Å². The predicted octanol–water partition coefficient (Wildman–Crippen LogP) is 0.00519. The second kappa shape index (κ2) is 5.75. The van der Waals surface area contributed by atoms with Crippen LogP contribution in [0.15, 0.2) is 0 Å². The molecular weight excluding hydrogens is 243 g/mol. The Kier molecular flexibility index (Phi) is 4.50. The molecule has 2 heterocycles. The van der Waals surface area contributed by atoms with Crippen LogP contribution in [0, 0.1) is 7.05 Å². The van der Waals surface area contributed by atoms with Gasteiger partial charge in [-0.1, -0.05) is 0 Å². The van der Waals surface area contributed by atoms with Crippen molar-refractivity contribution in [1.29, 1.82) is 0 Å². The van der Waals surface area contributed by atoms with E-state index >= 15 is 0 Å². The third-order valence-electron chi connectivity index (χ3n) is 3.99. The third kappa shape index (κ3) is 4.10. The predicted molar refractivity (Wildman–Crippen MR) is 63.1 cm³/mol. The van der Waals surface area contributed by atoms with Gasteiger partial charge in [-0.25, -0.2) is 0 Å². The highest BCUT2D eigenvalue weighted by Gasteiger charge is 2.33. The summed E-state index contributed by atoms with van der Waals surface area (Å²) in [5, 5.41) is 0. The van der Waals surface area contributed by atoms with E-state index < -0.39 is 12.7 Å². The van der Waals surface area contributed by atoms with Crippen LogP contribution in [0.5, 0.6) is 0 Å². The minimum Gasteiger partial charge on any atom is -0.468 e. The minimum absolute atomic E-state index is 0.539. The smallest absolute Gasteiger partial charge is 0.401 e. The van der Waals surface area contributed by atoms with E-state index in [0.29, 0.717) is 19.1 Å². The summed E-state index contributed by atoms with van der Waals surface area (Å²) in [4.78, 5) is 5.19. The number of quaternary nitrogens is 1. The van der Waals surface area contributed by atoms with Gasteiger partial charge in [-0.15, -0.1) is 0 Å². The molecule has 18 heavy (non-hydrogen) atoms. The number of rotatable bonds is 2. The molecule has 1 N–H and O–H groups in total. The van der Waals surface area contributed by atoms with Gasteiger partial charge in [-0.3, -0.25) is 9.80 Å². The average Bonchev–Trinajstić information content (AvgIpc) is 2.29. The Labute approximate surface area is 107 Å². The molecule has 0 radical (unpaired) electrons. The van der Waals surface area contributed by atoms with Crippen LogP contribution >= 0.6 is 0 Å². The summed E-state index contributed by atoms with van der Waals surface area (Å²) in [6, 6.07) is 0.559. The first-order valence-electron chi connectivity index (χ1n) is 6.64. The summed E-state index contributed by atoms with van der Waals surface area (Å²) in [6.45, 7) is 4.01. The minimum atomic E-state index is -4.06. The van der Waals surface area contributed by atoms with E-state index in [4.69, 9.17) is 0 Å². The van der Waals surface area contributed by atoms with Crippen molar-refractivity contribution in [1.82, 2.24) is 9.80 Å². The molecule has 0 aromatic carbocycles. The van der Waals surface area contributed by atoms with E-state index in [1.54, 1.807) is 0 Å². The van der Waals surface area contributed by atoms with E-state index in [0.717, 1.165) is 39.0 Å². The second-order valence-corrected chi connectivity index (χ2v) is 5.41. The van der Waals surface area contributed by atoms with Crippen molar-refractivity contribution in [2.45, 2.75) is 25.1 Å². The van der Waals surface area contributed by atoms with Gasteiger partial charge in [0.2, 0.25) is 0 Å². The molecular formula is C12H22F3N3. The Morgan fingerprint density at radius 2 is 1.61 bits per heavy atom. The topological polar surface area (TPSA) is 10.9 Å². The molecule has 2 aliphatic rings. The number of alkyl halides is 3. The number of likely N-dealkylation sites (tertiary alicyclic amines) is 1. The Hall–Kier alpha value is -0.330. The highest BCUT2D eigenvalue weighted by Crippen LogP contribution is 2.19. The maximum absolute atomic E-state index is 12.3. The molecule has 0 atom stereocenters. The summed E-state index contributed by atoms with van der Waals surface area (Å²) >= 11 is 0. The maximum atomic E-state index is 12.3. The van der Waals surface area contributed by atoms with Gasteiger partial charge in [0.05, 0.1) is 19.6 Å². The summed E-state index contributed by atoms with van der Waals surface area (Å²) in [5.74, 6) is 0. The summed E-state index contributed by atoms with van der Waals surface area (Å²) < 4.78 is 36.8. The Morgan fingerprint density at radius 3 is 2.11 bits per heavy atom. The van der Waals surface area contributed by atoms with Crippen LogP contribution < -0.4 is 4.90 Å². The van der Waals surface area contributed by atoms with Crippen molar-refractivity contribution in [3.8, 4) is 0 Å². The number of piperidine rings is 1. The lowest BCUT2D eigenvalue weighted by molar-refractivity contribution is -0.859. The third-order valence-corrected chi connectivity index (χ3v) is 3.99. The molecule has 2 saturated heterocycles. The first-order valence-corrected chi connectivity index (χ1v) is 6.64. The first kappa shape index (κ1) is 14.1. The van der Waals surface area contributed by atoms with E-state index in [-0.39, 0.29) is 0 Å². The van der Waals surface area contributed by atoms with Gasteiger partial charge in [0.15, 0.2) is 0 Å². The summed E-state index contributed by atoms with van der Waals surface area (Å²) in [6.07, 6.45) is -1.82. The van der Waals surface area contributed by atoms with Crippen LogP contribution in [-0.2, 0) is 0 Å². The largest absolute Gasteiger partial charge is 0.468 e. The molecule has 2 rings (SSSR count). The van der Waals surface area contributed by atoms with E-state index in [1.807, 2.05) is 0 Å². The highest BCUT2D eigenvalue weighted by atomic mass is 19.4. The normalized spacial score (nSPS) is 32.7. The molecule has 2 aliphatic heterocycles. The molecule has 0 saturated carbocycles. The van der Waals surface area contributed by atoms with Gasteiger partial charge in [-0.05, 0) is 0 Å². The van der Waals surface area contributed by atoms with Crippen molar-refractivity contribution in [3.05, 3.63) is 7.05 Å². The van der Waals surface area contributed by atoms with Gasteiger partial charge >= 0.3 is 6.18 Å². The number of nitrogens with zero attached hydrogens (tertiary/aromatic N) is 2. The van der Waals surface area contributed by atoms with E-state index in [1.165, 1.54) is 9.80 Å². The second-order valence-electron chi connectivity index (χ2n) is 5.41. The molecule has 0 spiro atoms. The van der Waals surface area contributed by atoms with Crippen LogP contribution in [-0.4, -0.2) is 67.8 Å². The zero-order valence-electron chi connectivity index (χ0n) is 10.7. The molecule has 6 heteroatoms. The first-order chi connectivity index (χ1) is 8.44. The van der Waals surface area contributed by atoms with Crippen LogP contribution in [0.3, 0.4) is 0 Å². The summed E-state index contributed by atoms with van der Waals surface area (Å²) in [7, 11) is 3.99. The van der Waals surface area contributed by atoms with Gasteiger partial charge < -0.3 is 4.90 Å². The number of piperazine rings is 1. The van der Waals surface area contributed by atoms with Crippen molar-refractivity contribution < 1.29 is 18.1 Å². The van der Waals surface area contributed by atoms with Gasteiger partial charge in [-0.2, -0.15) is 20.2 Å². The zero-order valence-corrected chi connectivity index (χ0v) is 10.7. The lowest BCUT2D eigenvalue weighted by Gasteiger charge is -2.42. The fraction of sp³-hybridized carbons (Fsp3) is 0.917. The molecule has 3 nitrogen and oxygen atoms in total. The highest BCUT2D eigenvalue weighted by molar-refractivity contribution is 4.80. The summed E-state index contributed by atoms with van der Waals surface area (Å²) in [5.41, 5.74) is 0. The Morgan fingerprint density at radius 1 is 1.06 bits per heavy atom. The molecule has 0 unspecified atom stereocenters. The van der Waals surface area contributed by atoms with Crippen molar-refractivity contribution in [2.75, 3.05) is 45.8 Å². The molecule has 0 amide bonds. The van der Waals surface area contributed by atoms with Gasteiger partial charge in [0.25, 0.3) is 0 Å². The number of halogens is 3. The molecule has 0 bridgehead atoms. The molecule has 106 valence electrons. The fourth-order valence-electron chi connectivity index (χ4n) is 2.92. The quantitative estimate of drug-likeness (QED) is 0.705. The molecule has 0 aromatic heterocycles. The van der Waals surface area contributed by atoms with Crippen LogP contribution in [0.2, 0.25) is 0 Å². The molecule has 0 aromatic rings. The standard InChI is InChI=1S/C12H22F3N3/c1-16-4-2-11(3-5-16)18-8-6-17(7-9-18)10-12(13,14)15/h11,16H,1-10H2. The molecule has 0 aliphatic carbocycles. The molecule has 2 fully saturated rings. The maximum Gasteiger partial charge on any atom is 0.401 e. The average molecular weight is 265 g/mol. The number of hydrogen-bond acceptors (Lipinski definition) is 2. The Balaban J connectivity index is 1.73. The van der Waals surface area contributed by atoms with Crippen molar-refractivity contribution in [3.63, 3.8) is 0 Å². The van der Waals surface area contributed by atoms with Crippen molar-refractivity contribution in [2.24, 2.45) is 0 Å². The van der Waals surface area contributed by atoms with E-state index in [2.05, 4.69) is 11.9 Å². The van der Waals surface area contributed by atoms with Crippen molar-refractivity contribution >= 4 is 0 Å². The van der Waals surface area contributed by atoms with Crippen LogP contribution in [0.1, 0.15) is 12.8 Å². The zero-order chi connectivity index (χ0) is 13.2. The number of hydrogen-bond donors (Lipinski definition) is 1. The lowest BCUT2D eigenvalue weighted by atomic mass is 10.0. The van der Waals surface area contributed by atoms with Crippen LogP contribution in [0.4, 0.5) is 13.2 Å². The van der Waals surface area contributed by atoms with Gasteiger partial charge in [0.1, 0.15) is 0 Å². The Bertz CT molecular complexity index is 254.